The number of hydrogen-bond donors (Lipinski definition) is 2. The molecule has 1 atom stereocenters. The summed E-state index contributed by atoms with van der Waals surface area (Å²) in [6.07, 6.45) is 6.04. The fourth-order valence-electron chi connectivity index (χ4n) is 1.47. The molecule has 1 aromatic rings. The Bertz CT molecular complexity index is 372. The van der Waals surface area contributed by atoms with Gasteiger partial charge in [0.25, 0.3) is 0 Å². The minimum absolute atomic E-state index is 0. The maximum Gasteiger partial charge on any atom is 0.148 e. The maximum atomic E-state index is 9.07. The zero-order valence-corrected chi connectivity index (χ0v) is 11.4. The number of benzene rings is 1. The van der Waals surface area contributed by atoms with Crippen LogP contribution in [0.15, 0.2) is 24.3 Å². The third-order valence-electron chi connectivity index (χ3n) is 2.53. The standard InChI is InChI=1S/C14H19NO2.ClH/c1-3-8-17-14-7-5-6-12(9-14)10-15-13(4-2)11-16;/h1,5-7,9,13,15-16H,4,8,10-11H2,2H3;1H. The van der Waals surface area contributed by atoms with E-state index in [1.165, 1.54) is 0 Å². The van der Waals surface area contributed by atoms with Crippen LogP contribution in [0, 0.1) is 12.3 Å². The lowest BCUT2D eigenvalue weighted by atomic mass is 10.2. The molecule has 0 saturated heterocycles. The van der Waals surface area contributed by atoms with Gasteiger partial charge in [-0.25, -0.2) is 0 Å². The molecule has 1 unspecified atom stereocenters. The minimum atomic E-state index is 0. The predicted molar refractivity (Wildman–Crippen MR) is 76.0 cm³/mol. The predicted octanol–water partition coefficient (Wildman–Crippen LogP) is 1.98. The number of halogens is 1. The first-order valence-electron chi connectivity index (χ1n) is 5.79. The monoisotopic (exact) mass is 269 g/mol. The van der Waals surface area contributed by atoms with Crippen LogP contribution in [0.5, 0.6) is 5.75 Å². The van der Waals surface area contributed by atoms with Gasteiger partial charge in [-0.05, 0) is 24.1 Å². The highest BCUT2D eigenvalue weighted by Crippen LogP contribution is 2.13. The Kier molecular flexibility index (Phi) is 9.13. The Labute approximate surface area is 115 Å². The summed E-state index contributed by atoms with van der Waals surface area (Å²) in [5.41, 5.74) is 1.12. The fourth-order valence-corrected chi connectivity index (χ4v) is 1.47. The van der Waals surface area contributed by atoms with Crippen LogP contribution in [0.4, 0.5) is 0 Å². The van der Waals surface area contributed by atoms with Crippen LogP contribution < -0.4 is 10.1 Å². The van der Waals surface area contributed by atoms with E-state index in [2.05, 4.69) is 11.2 Å². The molecule has 0 saturated carbocycles. The van der Waals surface area contributed by atoms with E-state index in [4.69, 9.17) is 16.3 Å². The highest BCUT2D eigenvalue weighted by molar-refractivity contribution is 5.85. The Morgan fingerprint density at radius 1 is 1.50 bits per heavy atom. The molecule has 0 bridgehead atoms. The molecule has 0 radical (unpaired) electrons. The van der Waals surface area contributed by atoms with E-state index in [0.29, 0.717) is 6.54 Å². The topological polar surface area (TPSA) is 41.5 Å². The molecular weight excluding hydrogens is 250 g/mol. The number of aliphatic hydroxyl groups is 1. The van der Waals surface area contributed by atoms with Gasteiger partial charge in [0, 0.05) is 12.6 Å². The summed E-state index contributed by atoms with van der Waals surface area (Å²) in [4.78, 5) is 0. The van der Waals surface area contributed by atoms with Crippen molar-refractivity contribution in [1.29, 1.82) is 0 Å². The number of rotatable bonds is 7. The lowest BCUT2D eigenvalue weighted by Crippen LogP contribution is -2.31. The molecule has 0 aliphatic rings. The van der Waals surface area contributed by atoms with Crippen LogP contribution in [0.2, 0.25) is 0 Å². The van der Waals surface area contributed by atoms with Crippen molar-refractivity contribution in [2.24, 2.45) is 0 Å². The molecule has 0 spiro atoms. The number of terminal acetylenes is 1. The minimum Gasteiger partial charge on any atom is -0.481 e. The quantitative estimate of drug-likeness (QED) is 0.744. The van der Waals surface area contributed by atoms with Gasteiger partial charge in [-0.15, -0.1) is 18.8 Å². The summed E-state index contributed by atoms with van der Waals surface area (Å²) >= 11 is 0. The van der Waals surface area contributed by atoms with Crippen LogP contribution in [-0.4, -0.2) is 24.4 Å². The number of ether oxygens (including phenoxy) is 1. The first kappa shape index (κ1) is 16.8. The molecule has 1 rings (SSSR count). The Morgan fingerprint density at radius 2 is 2.28 bits per heavy atom. The average Bonchev–Trinajstić information content (AvgIpc) is 2.38. The van der Waals surface area contributed by atoms with Gasteiger partial charge in [-0.3, -0.25) is 0 Å². The van der Waals surface area contributed by atoms with E-state index in [1.54, 1.807) is 0 Å². The second-order valence-electron chi connectivity index (χ2n) is 3.81. The van der Waals surface area contributed by atoms with Gasteiger partial charge < -0.3 is 15.2 Å². The Balaban J connectivity index is 0.00000289. The van der Waals surface area contributed by atoms with Crippen LogP contribution in [0.25, 0.3) is 0 Å². The van der Waals surface area contributed by atoms with Gasteiger partial charge in [0.1, 0.15) is 12.4 Å². The molecule has 0 fully saturated rings. The van der Waals surface area contributed by atoms with E-state index >= 15 is 0 Å². The van der Waals surface area contributed by atoms with Crippen LogP contribution in [-0.2, 0) is 6.54 Å². The summed E-state index contributed by atoms with van der Waals surface area (Å²) in [6.45, 7) is 3.20. The van der Waals surface area contributed by atoms with E-state index in [9.17, 15) is 0 Å². The van der Waals surface area contributed by atoms with Crippen LogP contribution in [0.3, 0.4) is 0 Å². The molecule has 0 aliphatic carbocycles. The van der Waals surface area contributed by atoms with Gasteiger partial charge in [0.05, 0.1) is 6.61 Å². The molecule has 0 amide bonds. The van der Waals surface area contributed by atoms with Crippen molar-refractivity contribution in [3.05, 3.63) is 29.8 Å². The SMILES string of the molecule is C#CCOc1cccc(CNC(CC)CO)c1.Cl. The van der Waals surface area contributed by atoms with Gasteiger partial charge in [-0.2, -0.15) is 0 Å². The van der Waals surface area contributed by atoms with E-state index in [0.717, 1.165) is 17.7 Å². The lowest BCUT2D eigenvalue weighted by molar-refractivity contribution is 0.238. The van der Waals surface area contributed by atoms with Crippen molar-refractivity contribution in [1.82, 2.24) is 5.32 Å². The highest BCUT2D eigenvalue weighted by Gasteiger charge is 2.03. The van der Waals surface area contributed by atoms with E-state index in [-0.39, 0.29) is 31.7 Å². The van der Waals surface area contributed by atoms with Crippen LogP contribution >= 0.6 is 12.4 Å². The van der Waals surface area contributed by atoms with Crippen molar-refractivity contribution in [3.63, 3.8) is 0 Å². The van der Waals surface area contributed by atoms with Gasteiger partial charge in [0.2, 0.25) is 0 Å². The normalized spacial score (nSPS) is 11.2. The Morgan fingerprint density at radius 3 is 2.89 bits per heavy atom. The fraction of sp³-hybridized carbons (Fsp3) is 0.429. The van der Waals surface area contributed by atoms with Crippen molar-refractivity contribution < 1.29 is 9.84 Å². The number of nitrogens with one attached hydrogen (secondary N) is 1. The summed E-state index contributed by atoms with van der Waals surface area (Å²) < 4.78 is 5.34. The Hall–Kier alpha value is -1.21. The average molecular weight is 270 g/mol. The van der Waals surface area contributed by atoms with Gasteiger partial charge >= 0.3 is 0 Å². The third kappa shape index (κ3) is 5.92. The second-order valence-corrected chi connectivity index (χ2v) is 3.81. The summed E-state index contributed by atoms with van der Waals surface area (Å²) in [5, 5.41) is 12.3. The molecule has 4 heteroatoms. The summed E-state index contributed by atoms with van der Waals surface area (Å²) in [6, 6.07) is 7.92. The summed E-state index contributed by atoms with van der Waals surface area (Å²) in [7, 11) is 0. The molecular formula is C14H20ClNO2. The molecule has 18 heavy (non-hydrogen) atoms. The molecule has 1 aromatic carbocycles. The molecule has 100 valence electrons. The number of hydrogen-bond acceptors (Lipinski definition) is 3. The molecule has 2 N–H and O–H groups in total. The molecule has 0 aliphatic heterocycles. The van der Waals surface area contributed by atoms with Crippen molar-refractivity contribution in [2.45, 2.75) is 25.9 Å². The first-order valence-corrected chi connectivity index (χ1v) is 5.79. The highest BCUT2D eigenvalue weighted by atomic mass is 35.5. The maximum absolute atomic E-state index is 9.07. The third-order valence-corrected chi connectivity index (χ3v) is 2.53. The lowest BCUT2D eigenvalue weighted by Gasteiger charge is -2.14. The van der Waals surface area contributed by atoms with E-state index in [1.807, 2.05) is 31.2 Å². The largest absolute Gasteiger partial charge is 0.481 e. The number of aliphatic hydroxyl groups excluding tert-OH is 1. The van der Waals surface area contributed by atoms with Gasteiger partial charge in [-0.1, -0.05) is 25.0 Å². The molecule has 0 heterocycles. The second kappa shape index (κ2) is 9.78. The van der Waals surface area contributed by atoms with Crippen molar-refractivity contribution in [3.8, 4) is 18.1 Å². The molecule has 0 aromatic heterocycles. The first-order chi connectivity index (χ1) is 8.30. The molecule has 3 nitrogen and oxygen atoms in total. The van der Waals surface area contributed by atoms with E-state index < -0.39 is 0 Å². The van der Waals surface area contributed by atoms with Crippen LogP contribution in [0.1, 0.15) is 18.9 Å². The summed E-state index contributed by atoms with van der Waals surface area (Å²) in [5.74, 6) is 3.21. The van der Waals surface area contributed by atoms with Crippen molar-refractivity contribution in [2.75, 3.05) is 13.2 Å². The zero-order valence-electron chi connectivity index (χ0n) is 10.6. The van der Waals surface area contributed by atoms with Gasteiger partial charge in [0.15, 0.2) is 0 Å². The smallest absolute Gasteiger partial charge is 0.148 e. The van der Waals surface area contributed by atoms with Crippen molar-refractivity contribution >= 4 is 12.4 Å². The zero-order chi connectivity index (χ0) is 12.5.